The van der Waals surface area contributed by atoms with E-state index in [1.54, 1.807) is 34.9 Å². The van der Waals surface area contributed by atoms with Crippen LogP contribution in [0.3, 0.4) is 0 Å². The molecule has 0 radical (unpaired) electrons. The van der Waals surface area contributed by atoms with Crippen LogP contribution in [0.15, 0.2) is 71.5 Å². The molecule has 31 heavy (non-hydrogen) atoms. The molecule has 3 aromatic carbocycles. The zero-order chi connectivity index (χ0) is 21.7. The van der Waals surface area contributed by atoms with Gasteiger partial charge >= 0.3 is 0 Å². The van der Waals surface area contributed by atoms with E-state index >= 15 is 0 Å². The van der Waals surface area contributed by atoms with Crippen LogP contribution in [0.4, 0.5) is 4.39 Å². The van der Waals surface area contributed by atoms with Crippen molar-refractivity contribution in [2.75, 3.05) is 0 Å². The van der Waals surface area contributed by atoms with Crippen LogP contribution in [0, 0.1) is 9.77 Å². The summed E-state index contributed by atoms with van der Waals surface area (Å²) >= 11 is 19.7. The average Bonchev–Trinajstić information content (AvgIpc) is 3.08. The lowest BCUT2D eigenvalue weighted by atomic mass is 10.1. The Labute approximate surface area is 195 Å². The third kappa shape index (κ3) is 3.49. The first-order valence-corrected chi connectivity index (χ1v) is 11.3. The molecule has 2 aromatic heterocycles. The van der Waals surface area contributed by atoms with Gasteiger partial charge in [0.2, 0.25) is 0 Å². The number of para-hydroxylation sites is 1. The second-order valence-corrected chi connectivity index (χ2v) is 9.51. The summed E-state index contributed by atoms with van der Waals surface area (Å²) in [7, 11) is 0. The van der Waals surface area contributed by atoms with Crippen molar-refractivity contribution in [1.29, 1.82) is 0 Å². The van der Waals surface area contributed by atoms with E-state index in [0.717, 1.165) is 16.0 Å². The van der Waals surface area contributed by atoms with E-state index in [4.69, 9.17) is 35.4 Å². The number of hydrogen-bond acceptors (Lipinski definition) is 3. The molecule has 0 unspecified atom stereocenters. The number of rotatable bonds is 3. The molecule has 5 aromatic rings. The number of fused-ring (bicyclic) bond motifs is 3. The highest BCUT2D eigenvalue weighted by Crippen LogP contribution is 2.38. The molecule has 0 aliphatic carbocycles. The second-order valence-electron chi connectivity index (χ2n) is 7.02. The fourth-order valence-electron chi connectivity index (χ4n) is 3.73. The van der Waals surface area contributed by atoms with Crippen molar-refractivity contribution in [3.05, 3.63) is 102 Å². The Hall–Kier alpha value is -2.51. The van der Waals surface area contributed by atoms with Gasteiger partial charge in [0, 0.05) is 10.6 Å². The van der Waals surface area contributed by atoms with Gasteiger partial charge in [0.05, 0.1) is 27.3 Å². The molecule has 0 atom stereocenters. The van der Waals surface area contributed by atoms with Crippen LogP contribution in [0.5, 0.6) is 0 Å². The Balaban J connectivity index is 1.92. The molecular formula is C23H13Cl2FN2OS2. The first kappa shape index (κ1) is 20.4. The van der Waals surface area contributed by atoms with Crippen molar-refractivity contribution < 1.29 is 4.39 Å². The molecule has 0 bridgehead atoms. The number of benzene rings is 3. The van der Waals surface area contributed by atoms with Gasteiger partial charge in [0.15, 0.2) is 3.95 Å². The van der Waals surface area contributed by atoms with Crippen molar-refractivity contribution in [3.8, 4) is 10.4 Å². The van der Waals surface area contributed by atoms with Gasteiger partial charge in [0.25, 0.3) is 5.56 Å². The molecule has 5 rings (SSSR count). The minimum Gasteiger partial charge on any atom is -0.288 e. The number of hydrogen-bond donors (Lipinski definition) is 0. The molecule has 154 valence electrons. The summed E-state index contributed by atoms with van der Waals surface area (Å²) in [5.74, 6) is -0.356. The minimum atomic E-state index is -0.356. The van der Waals surface area contributed by atoms with E-state index in [-0.39, 0.29) is 17.9 Å². The van der Waals surface area contributed by atoms with Crippen LogP contribution in [-0.4, -0.2) is 8.97 Å². The van der Waals surface area contributed by atoms with Crippen molar-refractivity contribution >= 4 is 63.3 Å². The van der Waals surface area contributed by atoms with Crippen molar-refractivity contribution in [2.24, 2.45) is 0 Å². The van der Waals surface area contributed by atoms with Crippen LogP contribution >= 0.6 is 46.8 Å². The Morgan fingerprint density at radius 3 is 2.58 bits per heavy atom. The number of thiazole rings is 1. The van der Waals surface area contributed by atoms with Gasteiger partial charge in [-0.15, -0.1) is 11.3 Å². The summed E-state index contributed by atoms with van der Waals surface area (Å²) in [4.78, 5) is 14.3. The summed E-state index contributed by atoms with van der Waals surface area (Å²) in [6, 6.07) is 18.8. The van der Waals surface area contributed by atoms with Crippen molar-refractivity contribution in [3.63, 3.8) is 0 Å². The molecule has 3 nitrogen and oxygen atoms in total. The maximum Gasteiger partial charge on any atom is 0.261 e. The highest BCUT2D eigenvalue weighted by molar-refractivity contribution is 7.73. The van der Waals surface area contributed by atoms with E-state index < -0.39 is 0 Å². The van der Waals surface area contributed by atoms with Crippen LogP contribution in [0.1, 0.15) is 5.56 Å². The highest BCUT2D eigenvalue weighted by atomic mass is 35.5. The van der Waals surface area contributed by atoms with E-state index in [9.17, 15) is 9.18 Å². The molecular weight excluding hydrogens is 474 g/mol. The van der Waals surface area contributed by atoms with Gasteiger partial charge in [-0.3, -0.25) is 13.8 Å². The lowest BCUT2D eigenvalue weighted by Crippen LogP contribution is -2.23. The Kier molecular flexibility index (Phi) is 5.18. The molecule has 0 saturated heterocycles. The van der Waals surface area contributed by atoms with Gasteiger partial charge in [-0.05, 0) is 54.2 Å². The van der Waals surface area contributed by atoms with E-state index in [0.29, 0.717) is 30.6 Å². The maximum absolute atomic E-state index is 13.8. The first-order valence-electron chi connectivity index (χ1n) is 9.31. The third-order valence-corrected chi connectivity index (χ3v) is 7.01. The number of aromatic nitrogens is 2. The van der Waals surface area contributed by atoms with Crippen LogP contribution < -0.4 is 5.56 Å². The molecule has 0 amide bonds. The van der Waals surface area contributed by atoms with Gasteiger partial charge in [-0.1, -0.05) is 53.5 Å². The van der Waals surface area contributed by atoms with Crippen molar-refractivity contribution in [2.45, 2.75) is 6.54 Å². The molecule has 0 fully saturated rings. The molecule has 8 heteroatoms. The zero-order valence-corrected chi connectivity index (χ0v) is 19.0. The van der Waals surface area contributed by atoms with Crippen LogP contribution in [-0.2, 0) is 6.54 Å². The summed E-state index contributed by atoms with van der Waals surface area (Å²) in [6.45, 7) is 0.189. The van der Waals surface area contributed by atoms with Gasteiger partial charge < -0.3 is 0 Å². The van der Waals surface area contributed by atoms with Gasteiger partial charge in [0.1, 0.15) is 11.5 Å². The summed E-state index contributed by atoms with van der Waals surface area (Å²) < 4.78 is 17.9. The normalized spacial score (nSPS) is 11.5. The molecule has 0 aliphatic rings. The summed E-state index contributed by atoms with van der Waals surface area (Å²) in [6.07, 6.45) is 0. The molecule has 0 saturated carbocycles. The van der Waals surface area contributed by atoms with Gasteiger partial charge in [-0.25, -0.2) is 4.39 Å². The predicted molar refractivity (Wildman–Crippen MR) is 129 cm³/mol. The zero-order valence-electron chi connectivity index (χ0n) is 15.8. The fraction of sp³-hybridized carbons (Fsp3) is 0.0435. The Morgan fingerprint density at radius 2 is 1.81 bits per heavy atom. The topological polar surface area (TPSA) is 26.4 Å². The average molecular weight is 487 g/mol. The predicted octanol–water partition coefficient (Wildman–Crippen LogP) is 7.21. The lowest BCUT2D eigenvalue weighted by Gasteiger charge is -2.14. The van der Waals surface area contributed by atoms with Crippen LogP contribution in [0.25, 0.3) is 27.0 Å². The molecule has 0 aliphatic heterocycles. The summed E-state index contributed by atoms with van der Waals surface area (Å²) in [5, 5.41) is 1.52. The highest BCUT2D eigenvalue weighted by Gasteiger charge is 2.20. The fourth-order valence-corrected chi connectivity index (χ4v) is 5.75. The van der Waals surface area contributed by atoms with Crippen molar-refractivity contribution in [1.82, 2.24) is 8.97 Å². The SMILES string of the molecule is O=c1c2ccccc2n2c(=S)sc(-c3ccc(Cl)cc3Cl)c2n1Cc1cccc(F)c1. The largest absolute Gasteiger partial charge is 0.288 e. The third-order valence-electron chi connectivity index (χ3n) is 5.07. The number of nitrogens with zero attached hydrogens (tertiary/aromatic N) is 2. The smallest absolute Gasteiger partial charge is 0.261 e. The minimum absolute atomic E-state index is 0.181. The molecule has 0 N–H and O–H groups in total. The number of halogens is 3. The first-order chi connectivity index (χ1) is 14.9. The molecule has 2 heterocycles. The Morgan fingerprint density at radius 1 is 1.00 bits per heavy atom. The Bertz CT molecular complexity index is 1600. The van der Waals surface area contributed by atoms with E-state index in [2.05, 4.69) is 0 Å². The summed E-state index contributed by atoms with van der Waals surface area (Å²) in [5.41, 5.74) is 2.55. The second kappa shape index (κ2) is 7.88. The van der Waals surface area contributed by atoms with Gasteiger partial charge in [-0.2, -0.15) is 0 Å². The van der Waals surface area contributed by atoms with E-state index in [1.807, 2.05) is 28.7 Å². The van der Waals surface area contributed by atoms with Crippen LogP contribution in [0.2, 0.25) is 10.0 Å². The quantitative estimate of drug-likeness (QED) is 0.252. The lowest BCUT2D eigenvalue weighted by molar-refractivity contribution is 0.623. The molecule has 0 spiro atoms. The standard InChI is InChI=1S/C23H13Cl2FN2OS2/c24-14-8-9-16(18(25)11-14)20-21-27(12-13-4-3-5-15(26)10-13)22(29)17-6-1-2-7-19(17)28(21)23(30)31-20/h1-11H,12H2. The maximum atomic E-state index is 13.8. The monoisotopic (exact) mass is 486 g/mol. The van der Waals surface area contributed by atoms with E-state index in [1.165, 1.54) is 23.5 Å².